The lowest BCUT2D eigenvalue weighted by molar-refractivity contribution is 0.630. The third kappa shape index (κ3) is 1.57. The quantitative estimate of drug-likeness (QED) is 0.747. The minimum atomic E-state index is 0.523. The Balaban J connectivity index is 2.52. The van der Waals surface area contributed by atoms with Crippen LogP contribution in [0.15, 0.2) is 22.8 Å². The maximum absolute atomic E-state index is 4.14. The molecule has 0 saturated carbocycles. The van der Waals surface area contributed by atoms with E-state index in [0.717, 1.165) is 4.47 Å². The van der Waals surface area contributed by atoms with Gasteiger partial charge in [0, 0.05) is 10.7 Å². The highest BCUT2D eigenvalue weighted by molar-refractivity contribution is 9.10. The fourth-order valence-electron chi connectivity index (χ4n) is 0.929. The molecule has 66 valence electrons. The van der Waals surface area contributed by atoms with Gasteiger partial charge < -0.3 is 0 Å². The fraction of sp³-hybridized carbons (Fsp3) is 0.143. The molecule has 0 saturated heterocycles. The zero-order chi connectivity index (χ0) is 9.26. The summed E-state index contributed by atoms with van der Waals surface area (Å²) in [6.07, 6.45) is 1.69. The summed E-state index contributed by atoms with van der Waals surface area (Å²) in [6.45, 7) is 0. The number of hydrogen-bond donors (Lipinski definition) is 0. The second-order valence-electron chi connectivity index (χ2n) is 2.44. The molecule has 2 aromatic heterocycles. The van der Waals surface area contributed by atoms with Crippen LogP contribution in [0.3, 0.4) is 0 Å². The van der Waals surface area contributed by atoms with Crippen LogP contribution in [0.2, 0.25) is 0 Å². The Hall–Kier alpha value is -1.30. The molecule has 2 aromatic rings. The van der Waals surface area contributed by atoms with Crippen LogP contribution in [0.1, 0.15) is 0 Å². The van der Waals surface area contributed by atoms with Gasteiger partial charge in [-0.15, -0.1) is 10.2 Å². The Kier molecular flexibility index (Phi) is 2.05. The molecular formula is C7H6BrN5. The summed E-state index contributed by atoms with van der Waals surface area (Å²) in [7, 11) is 1.72. The average Bonchev–Trinajstić information content (AvgIpc) is 2.53. The molecule has 6 heteroatoms. The maximum Gasteiger partial charge on any atom is 0.224 e. The highest BCUT2D eigenvalue weighted by atomic mass is 79.9. The maximum atomic E-state index is 4.14. The average molecular weight is 240 g/mol. The van der Waals surface area contributed by atoms with Crippen molar-refractivity contribution >= 4 is 15.9 Å². The lowest BCUT2D eigenvalue weighted by Gasteiger charge is -1.94. The van der Waals surface area contributed by atoms with E-state index >= 15 is 0 Å². The van der Waals surface area contributed by atoms with Crippen LogP contribution in [0.4, 0.5) is 0 Å². The van der Waals surface area contributed by atoms with Crippen molar-refractivity contribution in [1.29, 1.82) is 0 Å². The van der Waals surface area contributed by atoms with Crippen molar-refractivity contribution in [3.8, 4) is 11.5 Å². The first kappa shape index (κ1) is 8.31. The van der Waals surface area contributed by atoms with E-state index in [1.165, 1.54) is 4.80 Å². The standard InChI is InChI=1S/C7H6BrN5/c1-13-11-7(10-12-13)6-5(8)3-2-4-9-6/h2-4H,1H3. The van der Waals surface area contributed by atoms with E-state index in [1.807, 2.05) is 12.1 Å². The smallest absolute Gasteiger partial charge is 0.224 e. The number of hydrogen-bond acceptors (Lipinski definition) is 4. The van der Waals surface area contributed by atoms with Crippen LogP contribution >= 0.6 is 15.9 Å². The molecule has 0 aliphatic carbocycles. The highest BCUT2D eigenvalue weighted by Crippen LogP contribution is 2.21. The molecule has 2 heterocycles. The van der Waals surface area contributed by atoms with Crippen molar-refractivity contribution in [3.63, 3.8) is 0 Å². The highest BCUT2D eigenvalue weighted by Gasteiger charge is 2.08. The molecule has 0 aliphatic heterocycles. The van der Waals surface area contributed by atoms with E-state index < -0.39 is 0 Å². The fourth-order valence-corrected chi connectivity index (χ4v) is 1.36. The molecule has 0 aliphatic rings. The first-order valence-electron chi connectivity index (χ1n) is 3.62. The number of halogens is 1. The van der Waals surface area contributed by atoms with Gasteiger partial charge in [0.1, 0.15) is 5.69 Å². The largest absolute Gasteiger partial charge is 0.252 e. The minimum Gasteiger partial charge on any atom is -0.252 e. The molecular weight excluding hydrogens is 234 g/mol. The summed E-state index contributed by atoms with van der Waals surface area (Å²) >= 11 is 3.36. The molecule has 0 spiro atoms. The summed E-state index contributed by atoms with van der Waals surface area (Å²) in [5.41, 5.74) is 0.704. The number of tetrazole rings is 1. The third-order valence-corrected chi connectivity index (χ3v) is 2.12. The van der Waals surface area contributed by atoms with Crippen molar-refractivity contribution in [2.24, 2.45) is 7.05 Å². The van der Waals surface area contributed by atoms with Crippen molar-refractivity contribution in [1.82, 2.24) is 25.2 Å². The molecule has 13 heavy (non-hydrogen) atoms. The third-order valence-electron chi connectivity index (χ3n) is 1.48. The van der Waals surface area contributed by atoms with Gasteiger partial charge in [-0.25, -0.2) is 0 Å². The molecule has 0 unspecified atom stereocenters. The SMILES string of the molecule is Cn1nnc(-c2ncccc2Br)n1. The van der Waals surface area contributed by atoms with E-state index in [9.17, 15) is 0 Å². The molecule has 0 atom stereocenters. The molecule has 0 bridgehead atoms. The van der Waals surface area contributed by atoms with Crippen LogP contribution < -0.4 is 0 Å². The number of rotatable bonds is 1. The Morgan fingerprint density at radius 3 is 2.92 bits per heavy atom. The van der Waals surface area contributed by atoms with E-state index in [1.54, 1.807) is 13.2 Å². The normalized spacial score (nSPS) is 10.3. The van der Waals surface area contributed by atoms with Gasteiger partial charge in [0.2, 0.25) is 5.82 Å². The van der Waals surface area contributed by atoms with Crippen molar-refractivity contribution in [3.05, 3.63) is 22.8 Å². The van der Waals surface area contributed by atoms with E-state index in [4.69, 9.17) is 0 Å². The van der Waals surface area contributed by atoms with E-state index in [0.29, 0.717) is 11.5 Å². The van der Waals surface area contributed by atoms with Crippen molar-refractivity contribution < 1.29 is 0 Å². The Labute approximate surface area is 82.9 Å². The molecule has 0 radical (unpaired) electrons. The first-order valence-corrected chi connectivity index (χ1v) is 4.41. The van der Waals surface area contributed by atoms with E-state index in [-0.39, 0.29) is 0 Å². The predicted octanol–water partition coefficient (Wildman–Crippen LogP) is 1.03. The molecule has 5 nitrogen and oxygen atoms in total. The lowest BCUT2D eigenvalue weighted by Crippen LogP contribution is -1.92. The molecule has 0 aromatic carbocycles. The van der Waals surface area contributed by atoms with Gasteiger partial charge in [0.05, 0.1) is 7.05 Å². The second kappa shape index (κ2) is 3.21. The zero-order valence-electron chi connectivity index (χ0n) is 6.85. The topological polar surface area (TPSA) is 56.5 Å². The molecule has 0 amide bonds. The Bertz CT molecular complexity index is 424. The molecule has 2 rings (SSSR count). The van der Waals surface area contributed by atoms with Crippen molar-refractivity contribution in [2.45, 2.75) is 0 Å². The van der Waals surface area contributed by atoms with Gasteiger partial charge in [-0.3, -0.25) is 4.98 Å². The van der Waals surface area contributed by atoms with Crippen LogP contribution in [-0.2, 0) is 7.05 Å². The first-order chi connectivity index (χ1) is 6.27. The summed E-state index contributed by atoms with van der Waals surface area (Å²) in [5.74, 6) is 0.523. The van der Waals surface area contributed by atoms with Gasteiger partial charge in [-0.2, -0.15) is 4.80 Å². The van der Waals surface area contributed by atoms with Gasteiger partial charge >= 0.3 is 0 Å². The minimum absolute atomic E-state index is 0.523. The van der Waals surface area contributed by atoms with Gasteiger partial charge in [0.25, 0.3) is 0 Å². The summed E-state index contributed by atoms with van der Waals surface area (Å²) < 4.78 is 0.864. The summed E-state index contributed by atoms with van der Waals surface area (Å²) in [5, 5.41) is 11.6. The number of aromatic nitrogens is 5. The van der Waals surface area contributed by atoms with Gasteiger partial charge in [0.15, 0.2) is 0 Å². The lowest BCUT2D eigenvalue weighted by atomic mass is 10.3. The number of pyridine rings is 1. The Morgan fingerprint density at radius 2 is 2.31 bits per heavy atom. The van der Waals surface area contributed by atoms with Crippen LogP contribution in [0, 0.1) is 0 Å². The van der Waals surface area contributed by atoms with Crippen LogP contribution in [0.25, 0.3) is 11.5 Å². The summed E-state index contributed by atoms with van der Waals surface area (Å²) in [6, 6.07) is 3.72. The molecule has 0 N–H and O–H groups in total. The number of aryl methyl sites for hydroxylation is 1. The van der Waals surface area contributed by atoms with Crippen molar-refractivity contribution in [2.75, 3.05) is 0 Å². The monoisotopic (exact) mass is 239 g/mol. The van der Waals surface area contributed by atoms with Gasteiger partial charge in [-0.05, 0) is 33.3 Å². The number of nitrogens with zero attached hydrogens (tertiary/aromatic N) is 5. The second-order valence-corrected chi connectivity index (χ2v) is 3.29. The Morgan fingerprint density at radius 1 is 1.46 bits per heavy atom. The van der Waals surface area contributed by atoms with E-state index in [2.05, 4.69) is 36.3 Å². The predicted molar refractivity (Wildman–Crippen MR) is 49.7 cm³/mol. The van der Waals surface area contributed by atoms with Crippen LogP contribution in [-0.4, -0.2) is 25.2 Å². The van der Waals surface area contributed by atoms with Crippen LogP contribution in [0.5, 0.6) is 0 Å². The molecule has 0 fully saturated rings. The van der Waals surface area contributed by atoms with Gasteiger partial charge in [-0.1, -0.05) is 0 Å². The summed E-state index contributed by atoms with van der Waals surface area (Å²) in [4.78, 5) is 5.54. The zero-order valence-corrected chi connectivity index (χ0v) is 8.43.